The lowest BCUT2D eigenvalue weighted by Crippen LogP contribution is -2.14. The van der Waals surface area contributed by atoms with E-state index >= 15 is 0 Å². The molecule has 0 aliphatic carbocycles. The van der Waals surface area contributed by atoms with Crippen LogP contribution in [0.2, 0.25) is 0 Å². The number of para-hydroxylation sites is 1. The first kappa shape index (κ1) is 13.3. The number of nitrogens with one attached hydrogen (secondary N) is 1. The Hall–Kier alpha value is -1.68. The molecule has 0 radical (unpaired) electrons. The zero-order valence-corrected chi connectivity index (χ0v) is 11.9. The van der Waals surface area contributed by atoms with E-state index in [1.54, 1.807) is 0 Å². The molecule has 1 N–H and O–H groups in total. The van der Waals surface area contributed by atoms with Crippen molar-refractivity contribution in [1.29, 1.82) is 0 Å². The van der Waals surface area contributed by atoms with Crippen LogP contribution >= 0.6 is 0 Å². The van der Waals surface area contributed by atoms with Crippen molar-refractivity contribution in [2.24, 2.45) is 5.92 Å². The maximum Gasteiger partial charge on any atom is 0.139 e. The van der Waals surface area contributed by atoms with Crippen LogP contribution in [0.5, 0.6) is 0 Å². The van der Waals surface area contributed by atoms with Crippen molar-refractivity contribution in [3.63, 3.8) is 0 Å². The first-order chi connectivity index (χ1) is 9.78. The maximum atomic E-state index is 12.2. The molecule has 4 nitrogen and oxygen atoms in total. The van der Waals surface area contributed by atoms with Crippen LogP contribution in [0.4, 0.5) is 0 Å². The number of rotatable bonds is 5. The summed E-state index contributed by atoms with van der Waals surface area (Å²) in [5.41, 5.74) is 2.05. The van der Waals surface area contributed by atoms with E-state index in [-0.39, 0.29) is 0 Å². The number of carbonyl (C=O) groups excluding carboxylic acids is 1. The SMILES string of the molecule is CCn1nc(CC(=O)CC2CCNC2)c2ccccc21. The number of aryl methyl sites for hydroxylation is 1. The van der Waals surface area contributed by atoms with Gasteiger partial charge in [0.05, 0.1) is 17.6 Å². The van der Waals surface area contributed by atoms with E-state index < -0.39 is 0 Å². The van der Waals surface area contributed by atoms with Gasteiger partial charge < -0.3 is 5.32 Å². The van der Waals surface area contributed by atoms with Gasteiger partial charge in [0.15, 0.2) is 0 Å². The highest BCUT2D eigenvalue weighted by molar-refractivity contribution is 5.88. The second-order valence-electron chi connectivity index (χ2n) is 5.56. The van der Waals surface area contributed by atoms with Crippen LogP contribution in [0.15, 0.2) is 24.3 Å². The van der Waals surface area contributed by atoms with E-state index in [0.717, 1.165) is 42.7 Å². The zero-order chi connectivity index (χ0) is 13.9. The van der Waals surface area contributed by atoms with E-state index in [1.807, 2.05) is 16.8 Å². The monoisotopic (exact) mass is 271 g/mol. The third-order valence-electron chi connectivity index (χ3n) is 4.08. The molecular formula is C16H21N3O. The average molecular weight is 271 g/mol. The molecule has 1 saturated heterocycles. The van der Waals surface area contributed by atoms with Crippen LogP contribution in [-0.4, -0.2) is 28.7 Å². The van der Waals surface area contributed by atoms with E-state index in [2.05, 4.69) is 29.5 Å². The van der Waals surface area contributed by atoms with Crippen LogP contribution in [0, 0.1) is 5.92 Å². The summed E-state index contributed by atoms with van der Waals surface area (Å²) in [7, 11) is 0. The molecule has 106 valence electrons. The van der Waals surface area contributed by atoms with E-state index in [1.165, 1.54) is 0 Å². The molecule has 1 fully saturated rings. The summed E-state index contributed by atoms with van der Waals surface area (Å²) in [6.45, 7) is 4.94. The summed E-state index contributed by atoms with van der Waals surface area (Å²) >= 11 is 0. The molecule has 2 heterocycles. The van der Waals surface area contributed by atoms with E-state index in [9.17, 15) is 4.79 Å². The van der Waals surface area contributed by atoms with Crippen molar-refractivity contribution >= 4 is 16.7 Å². The number of aromatic nitrogens is 2. The smallest absolute Gasteiger partial charge is 0.139 e. The minimum absolute atomic E-state index is 0.310. The predicted molar refractivity (Wildman–Crippen MR) is 79.7 cm³/mol. The van der Waals surface area contributed by atoms with Gasteiger partial charge in [-0.05, 0) is 38.4 Å². The number of nitrogens with zero attached hydrogens (tertiary/aromatic N) is 2. The Bertz CT molecular complexity index is 611. The Labute approximate surface area is 119 Å². The van der Waals surface area contributed by atoms with Crippen LogP contribution in [-0.2, 0) is 17.8 Å². The number of hydrogen-bond acceptors (Lipinski definition) is 3. The highest BCUT2D eigenvalue weighted by Crippen LogP contribution is 2.20. The molecule has 0 spiro atoms. The quantitative estimate of drug-likeness (QED) is 0.906. The number of ketones is 1. The Morgan fingerprint density at radius 2 is 2.30 bits per heavy atom. The third kappa shape index (κ3) is 2.61. The number of benzene rings is 1. The minimum atomic E-state index is 0.310. The predicted octanol–water partition coefficient (Wildman–Crippen LogP) is 2.17. The Balaban J connectivity index is 1.78. The topological polar surface area (TPSA) is 46.9 Å². The molecule has 1 aromatic heterocycles. The first-order valence-electron chi connectivity index (χ1n) is 7.44. The van der Waals surface area contributed by atoms with Gasteiger partial charge >= 0.3 is 0 Å². The van der Waals surface area contributed by atoms with Crippen molar-refractivity contribution in [1.82, 2.24) is 15.1 Å². The normalized spacial score (nSPS) is 18.8. The van der Waals surface area contributed by atoms with Crippen molar-refractivity contribution < 1.29 is 4.79 Å². The minimum Gasteiger partial charge on any atom is -0.316 e. The number of Topliss-reactive ketones (excluding diaryl/α,β-unsaturated/α-hetero) is 1. The van der Waals surface area contributed by atoms with E-state index in [0.29, 0.717) is 24.5 Å². The molecule has 1 aliphatic rings. The van der Waals surface area contributed by atoms with Crippen LogP contribution in [0.1, 0.15) is 25.5 Å². The molecule has 2 aromatic rings. The molecule has 3 rings (SSSR count). The van der Waals surface area contributed by atoms with Crippen molar-refractivity contribution in [3.05, 3.63) is 30.0 Å². The van der Waals surface area contributed by atoms with Crippen molar-refractivity contribution in [2.45, 2.75) is 32.7 Å². The largest absolute Gasteiger partial charge is 0.316 e. The van der Waals surface area contributed by atoms with Gasteiger partial charge in [-0.15, -0.1) is 0 Å². The summed E-state index contributed by atoms with van der Waals surface area (Å²) in [4.78, 5) is 12.2. The Morgan fingerprint density at radius 3 is 3.05 bits per heavy atom. The molecule has 20 heavy (non-hydrogen) atoms. The molecule has 1 unspecified atom stereocenters. The lowest BCUT2D eigenvalue weighted by Gasteiger charge is -2.05. The van der Waals surface area contributed by atoms with E-state index in [4.69, 9.17) is 0 Å². The molecule has 0 amide bonds. The molecule has 0 bridgehead atoms. The maximum absolute atomic E-state index is 12.2. The fourth-order valence-electron chi connectivity index (χ4n) is 3.04. The Kier molecular flexibility index (Phi) is 3.83. The fraction of sp³-hybridized carbons (Fsp3) is 0.500. The summed E-state index contributed by atoms with van der Waals surface area (Å²) in [6, 6.07) is 8.17. The summed E-state index contributed by atoms with van der Waals surface area (Å²) in [6.07, 6.45) is 2.26. The number of hydrogen-bond donors (Lipinski definition) is 1. The molecule has 1 atom stereocenters. The molecule has 1 aliphatic heterocycles. The first-order valence-corrected chi connectivity index (χ1v) is 7.44. The molecule has 4 heteroatoms. The highest BCUT2D eigenvalue weighted by atomic mass is 16.1. The third-order valence-corrected chi connectivity index (χ3v) is 4.08. The van der Waals surface area contributed by atoms with Gasteiger partial charge in [0.25, 0.3) is 0 Å². The van der Waals surface area contributed by atoms with Crippen molar-refractivity contribution in [3.8, 4) is 0 Å². The summed E-state index contributed by atoms with van der Waals surface area (Å²) < 4.78 is 1.98. The Morgan fingerprint density at radius 1 is 1.45 bits per heavy atom. The summed E-state index contributed by atoms with van der Waals surface area (Å²) in [5.74, 6) is 0.826. The zero-order valence-electron chi connectivity index (χ0n) is 11.9. The molecule has 1 aromatic carbocycles. The van der Waals surface area contributed by atoms with Gasteiger partial charge in [0.2, 0.25) is 0 Å². The standard InChI is InChI=1S/C16H21N3O/c1-2-19-16-6-4-3-5-14(16)15(18-19)10-13(20)9-12-7-8-17-11-12/h3-6,12,17H,2,7-11H2,1H3. The number of fused-ring (bicyclic) bond motifs is 1. The second kappa shape index (κ2) is 5.75. The average Bonchev–Trinajstić information content (AvgIpc) is 3.07. The second-order valence-corrected chi connectivity index (χ2v) is 5.56. The summed E-state index contributed by atoms with van der Waals surface area (Å²) in [5, 5.41) is 9.03. The van der Waals surface area contributed by atoms with Gasteiger partial charge in [-0.1, -0.05) is 18.2 Å². The van der Waals surface area contributed by atoms with Gasteiger partial charge in [-0.25, -0.2) is 0 Å². The number of carbonyl (C=O) groups is 1. The molecular weight excluding hydrogens is 250 g/mol. The highest BCUT2D eigenvalue weighted by Gasteiger charge is 2.20. The van der Waals surface area contributed by atoms with Crippen LogP contribution < -0.4 is 5.32 Å². The van der Waals surface area contributed by atoms with Gasteiger partial charge in [0.1, 0.15) is 5.78 Å². The molecule has 0 saturated carbocycles. The van der Waals surface area contributed by atoms with Crippen molar-refractivity contribution in [2.75, 3.05) is 13.1 Å². The van der Waals surface area contributed by atoms with Crippen LogP contribution in [0.25, 0.3) is 10.9 Å². The lowest BCUT2D eigenvalue weighted by molar-refractivity contribution is -0.119. The lowest BCUT2D eigenvalue weighted by atomic mass is 9.99. The fourth-order valence-corrected chi connectivity index (χ4v) is 3.04. The van der Waals surface area contributed by atoms with Gasteiger partial charge in [0, 0.05) is 18.4 Å². The van der Waals surface area contributed by atoms with Gasteiger partial charge in [-0.3, -0.25) is 9.48 Å². The van der Waals surface area contributed by atoms with Gasteiger partial charge in [-0.2, -0.15) is 5.10 Å². The van der Waals surface area contributed by atoms with Crippen LogP contribution in [0.3, 0.4) is 0 Å².